The highest BCUT2D eigenvalue weighted by Crippen LogP contribution is 2.26. The molecule has 0 amide bonds. The van der Waals surface area contributed by atoms with E-state index in [4.69, 9.17) is 9.47 Å². The lowest BCUT2D eigenvalue weighted by atomic mass is 10.0. The predicted octanol–water partition coefficient (Wildman–Crippen LogP) is 6.36. The summed E-state index contributed by atoms with van der Waals surface area (Å²) in [6, 6.07) is 10.1. The summed E-state index contributed by atoms with van der Waals surface area (Å²) in [6.45, 7) is 3.98. The number of unbranched alkanes of at least 4 members (excludes halogenated alkanes) is 6. The lowest BCUT2D eigenvalue weighted by Gasteiger charge is -2.11. The van der Waals surface area contributed by atoms with Crippen LogP contribution in [0.25, 0.3) is 0 Å². The Bertz CT molecular complexity index is 846. The number of para-hydroxylation sites is 2. The van der Waals surface area contributed by atoms with Gasteiger partial charge in [0, 0.05) is 0 Å². The third kappa shape index (κ3) is 8.40. The van der Waals surface area contributed by atoms with Gasteiger partial charge in [-0.3, -0.25) is 0 Å². The lowest BCUT2D eigenvalue weighted by Crippen LogP contribution is -2.15. The third-order valence-electron chi connectivity index (χ3n) is 5.83. The number of carbonyl (C=O) groups is 2. The molecule has 34 heavy (non-hydrogen) atoms. The van der Waals surface area contributed by atoms with E-state index >= 15 is 0 Å². The molecule has 0 atom stereocenters. The van der Waals surface area contributed by atoms with Crippen LogP contribution in [-0.2, 0) is 22.3 Å². The Morgan fingerprint density at radius 3 is 1.44 bits per heavy atom. The van der Waals surface area contributed by atoms with Crippen molar-refractivity contribution in [2.24, 2.45) is 0 Å². The Labute approximate surface area is 202 Å². The highest BCUT2D eigenvalue weighted by molar-refractivity contribution is 5.93. The molecule has 6 nitrogen and oxygen atoms in total. The number of benzene rings is 2. The minimum absolute atomic E-state index is 0.0540. The summed E-state index contributed by atoms with van der Waals surface area (Å²) in [5.74, 6) is -1.44. The van der Waals surface area contributed by atoms with Crippen molar-refractivity contribution >= 4 is 11.9 Å². The van der Waals surface area contributed by atoms with Gasteiger partial charge >= 0.3 is 11.9 Å². The molecular weight excluding hydrogens is 432 g/mol. The van der Waals surface area contributed by atoms with Crippen molar-refractivity contribution < 1.29 is 29.3 Å². The molecule has 0 unspecified atom stereocenters. The van der Waals surface area contributed by atoms with E-state index in [1.807, 2.05) is 12.1 Å². The van der Waals surface area contributed by atoms with Gasteiger partial charge in [0.1, 0.15) is 35.8 Å². The highest BCUT2D eigenvalue weighted by atomic mass is 16.6. The number of phenolic OH excluding ortho intramolecular Hbond substituents is 2. The van der Waals surface area contributed by atoms with Gasteiger partial charge in [0.2, 0.25) is 0 Å². The normalized spacial score (nSPS) is 10.8. The maximum absolute atomic E-state index is 12.4. The highest BCUT2D eigenvalue weighted by Gasteiger charge is 2.18. The Morgan fingerprint density at radius 2 is 1.06 bits per heavy atom. The molecule has 0 fully saturated rings. The SMILES string of the molecule is CCCCCCc1cccc(C(=O)OCCOC(=O)c2cccc(CCCCCC)c2O)c1O. The summed E-state index contributed by atoms with van der Waals surface area (Å²) in [7, 11) is 0. The molecular formula is C28H38O6. The van der Waals surface area contributed by atoms with E-state index in [1.54, 1.807) is 12.1 Å². The fraction of sp³-hybridized carbons (Fsp3) is 0.500. The van der Waals surface area contributed by atoms with Crippen LogP contribution < -0.4 is 0 Å². The average Bonchev–Trinajstić information content (AvgIpc) is 2.84. The number of carbonyl (C=O) groups excluding carboxylic acids is 2. The molecule has 0 radical (unpaired) electrons. The van der Waals surface area contributed by atoms with Gasteiger partial charge in [-0.05, 0) is 48.9 Å². The van der Waals surface area contributed by atoms with E-state index in [1.165, 1.54) is 12.1 Å². The van der Waals surface area contributed by atoms with Gasteiger partial charge in [-0.2, -0.15) is 0 Å². The van der Waals surface area contributed by atoms with Crippen molar-refractivity contribution in [2.45, 2.75) is 78.1 Å². The van der Waals surface area contributed by atoms with E-state index in [-0.39, 0.29) is 35.8 Å². The van der Waals surface area contributed by atoms with Gasteiger partial charge in [0.25, 0.3) is 0 Å². The number of phenols is 2. The second-order valence-corrected chi connectivity index (χ2v) is 8.52. The van der Waals surface area contributed by atoms with Crippen molar-refractivity contribution in [3.8, 4) is 11.5 Å². The average molecular weight is 471 g/mol. The first kappa shape index (κ1) is 27.2. The maximum atomic E-state index is 12.4. The number of hydrogen-bond donors (Lipinski definition) is 2. The molecule has 0 saturated heterocycles. The Hall–Kier alpha value is -3.02. The molecule has 0 aliphatic heterocycles. The van der Waals surface area contributed by atoms with Gasteiger partial charge in [-0.15, -0.1) is 0 Å². The van der Waals surface area contributed by atoms with Gasteiger partial charge in [-0.25, -0.2) is 9.59 Å². The van der Waals surface area contributed by atoms with Crippen LogP contribution >= 0.6 is 0 Å². The molecule has 186 valence electrons. The minimum atomic E-state index is -0.666. The zero-order valence-corrected chi connectivity index (χ0v) is 20.5. The number of aryl methyl sites for hydroxylation is 2. The first-order valence-electron chi connectivity index (χ1n) is 12.5. The molecule has 0 aromatic heterocycles. The lowest BCUT2D eigenvalue weighted by molar-refractivity contribution is 0.0262. The molecule has 2 aromatic rings. The van der Waals surface area contributed by atoms with Crippen LogP contribution in [0.1, 0.15) is 97.1 Å². The number of ether oxygens (including phenoxy) is 2. The molecule has 0 aliphatic carbocycles. The monoisotopic (exact) mass is 470 g/mol. The standard InChI is InChI=1S/C28H38O6/c1-3-5-7-9-13-21-15-11-17-23(25(21)29)27(31)33-19-20-34-28(32)24-18-12-16-22(26(24)30)14-10-8-6-4-2/h11-12,15-18,29-30H,3-10,13-14,19-20H2,1-2H3. The fourth-order valence-electron chi connectivity index (χ4n) is 3.82. The van der Waals surface area contributed by atoms with E-state index in [9.17, 15) is 19.8 Å². The summed E-state index contributed by atoms with van der Waals surface area (Å²) in [4.78, 5) is 24.8. The van der Waals surface area contributed by atoms with Crippen molar-refractivity contribution in [1.82, 2.24) is 0 Å². The molecule has 0 aliphatic rings. The van der Waals surface area contributed by atoms with Crippen LogP contribution in [0.5, 0.6) is 11.5 Å². The predicted molar refractivity (Wildman–Crippen MR) is 132 cm³/mol. The van der Waals surface area contributed by atoms with Crippen LogP contribution in [0.2, 0.25) is 0 Å². The molecule has 2 rings (SSSR count). The number of hydrogen-bond acceptors (Lipinski definition) is 6. The molecule has 2 N–H and O–H groups in total. The molecule has 6 heteroatoms. The van der Waals surface area contributed by atoms with Crippen LogP contribution in [0.15, 0.2) is 36.4 Å². The summed E-state index contributed by atoms with van der Waals surface area (Å²) in [5, 5.41) is 20.9. The number of aromatic hydroxyl groups is 2. The summed E-state index contributed by atoms with van der Waals surface area (Å²) in [6.07, 6.45) is 9.99. The smallest absolute Gasteiger partial charge is 0.342 e. The van der Waals surface area contributed by atoms with Crippen molar-refractivity contribution in [1.29, 1.82) is 0 Å². The second kappa shape index (κ2) is 15.0. The molecule has 2 aromatic carbocycles. The van der Waals surface area contributed by atoms with Crippen molar-refractivity contribution in [2.75, 3.05) is 13.2 Å². The first-order valence-corrected chi connectivity index (χ1v) is 12.5. The van der Waals surface area contributed by atoms with Gasteiger partial charge in [-0.1, -0.05) is 76.6 Å². The summed E-state index contributed by atoms with van der Waals surface area (Å²) < 4.78 is 10.4. The first-order chi connectivity index (χ1) is 16.5. The molecule has 0 spiro atoms. The van der Waals surface area contributed by atoms with E-state index in [0.29, 0.717) is 12.8 Å². The van der Waals surface area contributed by atoms with Gasteiger partial charge in [0.05, 0.1) is 0 Å². The fourth-order valence-corrected chi connectivity index (χ4v) is 3.82. The van der Waals surface area contributed by atoms with Crippen LogP contribution in [0.3, 0.4) is 0 Å². The topological polar surface area (TPSA) is 93.1 Å². The Morgan fingerprint density at radius 1 is 0.647 bits per heavy atom. The van der Waals surface area contributed by atoms with Crippen molar-refractivity contribution in [3.05, 3.63) is 58.7 Å². The van der Waals surface area contributed by atoms with Crippen LogP contribution in [-0.4, -0.2) is 35.4 Å². The van der Waals surface area contributed by atoms with Gasteiger partial charge in [0.15, 0.2) is 0 Å². The van der Waals surface area contributed by atoms with Crippen LogP contribution in [0, 0.1) is 0 Å². The minimum Gasteiger partial charge on any atom is -0.507 e. The molecule has 0 saturated carbocycles. The maximum Gasteiger partial charge on any atom is 0.342 e. The Balaban J connectivity index is 1.83. The van der Waals surface area contributed by atoms with E-state index in [2.05, 4.69) is 13.8 Å². The quantitative estimate of drug-likeness (QED) is 0.232. The van der Waals surface area contributed by atoms with Crippen molar-refractivity contribution in [3.63, 3.8) is 0 Å². The van der Waals surface area contributed by atoms with Crippen LogP contribution in [0.4, 0.5) is 0 Å². The molecule has 0 heterocycles. The largest absolute Gasteiger partial charge is 0.507 e. The second-order valence-electron chi connectivity index (χ2n) is 8.52. The number of esters is 2. The number of rotatable bonds is 15. The zero-order chi connectivity index (χ0) is 24.8. The van der Waals surface area contributed by atoms with Gasteiger partial charge < -0.3 is 19.7 Å². The summed E-state index contributed by atoms with van der Waals surface area (Å²) >= 11 is 0. The third-order valence-corrected chi connectivity index (χ3v) is 5.83. The summed E-state index contributed by atoms with van der Waals surface area (Å²) in [5.41, 5.74) is 1.66. The van der Waals surface area contributed by atoms with E-state index < -0.39 is 11.9 Å². The Kier molecular flexibility index (Phi) is 12.0. The van der Waals surface area contributed by atoms with E-state index in [0.717, 1.165) is 62.5 Å². The molecule has 0 bridgehead atoms. The zero-order valence-electron chi connectivity index (χ0n) is 20.5.